The summed E-state index contributed by atoms with van der Waals surface area (Å²) in [5.74, 6) is 0.732. The third-order valence-electron chi connectivity index (χ3n) is 4.64. The van der Waals surface area contributed by atoms with E-state index in [4.69, 9.17) is 5.73 Å². The topological polar surface area (TPSA) is 58.4 Å². The van der Waals surface area contributed by atoms with Gasteiger partial charge in [-0.15, -0.1) is 12.4 Å². The summed E-state index contributed by atoms with van der Waals surface area (Å²) in [5.41, 5.74) is 8.38. The van der Waals surface area contributed by atoms with Crippen molar-refractivity contribution in [1.29, 1.82) is 0 Å². The smallest absolute Gasteiger partial charge is 0.237 e. The molecule has 2 rings (SSSR count). The molecule has 4 nitrogen and oxygen atoms in total. The summed E-state index contributed by atoms with van der Waals surface area (Å²) >= 11 is 0. The number of nitrogens with one attached hydrogen (secondary N) is 1. The molecule has 0 aliphatic carbocycles. The number of carbonyl (C=O) groups is 1. The number of hydrogen-bond acceptors (Lipinski definition) is 3. The van der Waals surface area contributed by atoms with Gasteiger partial charge in [-0.2, -0.15) is 0 Å². The fourth-order valence-electron chi connectivity index (χ4n) is 3.31. The average Bonchev–Trinajstić information content (AvgIpc) is 2.54. The Labute approximate surface area is 152 Å². The Kier molecular flexibility index (Phi) is 9.34. The normalized spacial score (nSPS) is 19.4. The standard InChI is InChI=1S/C19H31N3O.ClH/c1-3-7-18(20)19(23)21-12-16-9-4-5-10-17(16)14-22-11-6-8-15(2)13-22;/h4-5,9-10,15,18H,3,6-8,11-14,20H2,1-2H3,(H,21,23);1H. The summed E-state index contributed by atoms with van der Waals surface area (Å²) in [4.78, 5) is 14.5. The number of nitrogens with zero attached hydrogens (tertiary/aromatic N) is 1. The molecule has 24 heavy (non-hydrogen) atoms. The number of benzene rings is 1. The molecule has 5 heteroatoms. The van der Waals surface area contributed by atoms with Crippen LogP contribution in [0.2, 0.25) is 0 Å². The Morgan fingerprint density at radius 1 is 1.38 bits per heavy atom. The minimum absolute atomic E-state index is 0. The second-order valence-electron chi connectivity index (χ2n) is 6.86. The van der Waals surface area contributed by atoms with Gasteiger partial charge in [0.25, 0.3) is 0 Å². The van der Waals surface area contributed by atoms with Crippen molar-refractivity contribution in [1.82, 2.24) is 10.2 Å². The van der Waals surface area contributed by atoms with Gasteiger partial charge in [-0.25, -0.2) is 0 Å². The monoisotopic (exact) mass is 353 g/mol. The number of hydrogen-bond donors (Lipinski definition) is 2. The molecule has 1 aromatic carbocycles. The highest BCUT2D eigenvalue weighted by atomic mass is 35.5. The zero-order valence-electron chi connectivity index (χ0n) is 15.0. The SMILES string of the molecule is CCCC(N)C(=O)NCc1ccccc1CN1CCCC(C)C1.Cl. The maximum absolute atomic E-state index is 12.0. The van der Waals surface area contributed by atoms with Crippen molar-refractivity contribution in [2.24, 2.45) is 11.7 Å². The number of rotatable bonds is 7. The molecule has 1 aromatic rings. The van der Waals surface area contributed by atoms with Crippen LogP contribution in [0.1, 0.15) is 50.7 Å². The lowest BCUT2D eigenvalue weighted by molar-refractivity contribution is -0.122. The van der Waals surface area contributed by atoms with Crippen LogP contribution in [0, 0.1) is 5.92 Å². The molecule has 3 N–H and O–H groups in total. The lowest BCUT2D eigenvalue weighted by Gasteiger charge is -2.31. The van der Waals surface area contributed by atoms with E-state index in [0.29, 0.717) is 6.54 Å². The van der Waals surface area contributed by atoms with Crippen LogP contribution >= 0.6 is 12.4 Å². The summed E-state index contributed by atoms with van der Waals surface area (Å²) in [6.07, 6.45) is 4.28. The summed E-state index contributed by atoms with van der Waals surface area (Å²) in [6.45, 7) is 8.25. The Bertz CT molecular complexity index is 509. The van der Waals surface area contributed by atoms with Gasteiger partial charge in [-0.1, -0.05) is 44.5 Å². The van der Waals surface area contributed by atoms with Crippen molar-refractivity contribution >= 4 is 18.3 Å². The van der Waals surface area contributed by atoms with E-state index in [-0.39, 0.29) is 18.3 Å². The first-order valence-electron chi connectivity index (χ1n) is 8.92. The zero-order chi connectivity index (χ0) is 16.7. The Morgan fingerprint density at radius 3 is 2.75 bits per heavy atom. The van der Waals surface area contributed by atoms with E-state index in [1.807, 2.05) is 13.0 Å². The van der Waals surface area contributed by atoms with Crippen LogP contribution < -0.4 is 11.1 Å². The van der Waals surface area contributed by atoms with Gasteiger partial charge in [0.05, 0.1) is 6.04 Å². The first-order chi connectivity index (χ1) is 11.1. The molecule has 1 aliphatic heterocycles. The van der Waals surface area contributed by atoms with Crippen molar-refractivity contribution < 1.29 is 4.79 Å². The molecule has 1 fully saturated rings. The highest BCUT2D eigenvalue weighted by Crippen LogP contribution is 2.19. The molecule has 0 saturated carbocycles. The molecule has 2 atom stereocenters. The van der Waals surface area contributed by atoms with Gasteiger partial charge < -0.3 is 11.1 Å². The minimum Gasteiger partial charge on any atom is -0.351 e. The second kappa shape index (κ2) is 10.7. The van der Waals surface area contributed by atoms with E-state index >= 15 is 0 Å². The molecule has 2 unspecified atom stereocenters. The van der Waals surface area contributed by atoms with Crippen LogP contribution in [0.25, 0.3) is 0 Å². The number of nitrogens with two attached hydrogens (primary N) is 1. The van der Waals surface area contributed by atoms with Gasteiger partial charge >= 0.3 is 0 Å². The third kappa shape index (κ3) is 6.42. The maximum Gasteiger partial charge on any atom is 0.237 e. The van der Waals surface area contributed by atoms with Crippen LogP contribution in [-0.2, 0) is 17.9 Å². The number of piperidine rings is 1. The van der Waals surface area contributed by atoms with Gasteiger partial charge in [0.2, 0.25) is 5.91 Å². The molecule has 0 radical (unpaired) electrons. The zero-order valence-corrected chi connectivity index (χ0v) is 15.8. The van der Waals surface area contributed by atoms with Crippen molar-refractivity contribution in [3.05, 3.63) is 35.4 Å². The summed E-state index contributed by atoms with van der Waals surface area (Å²) in [7, 11) is 0. The van der Waals surface area contributed by atoms with Crippen molar-refractivity contribution in [2.45, 2.75) is 58.7 Å². The fourth-order valence-corrected chi connectivity index (χ4v) is 3.31. The predicted octanol–water partition coefficient (Wildman–Crippen LogP) is 3.08. The fraction of sp³-hybridized carbons (Fsp3) is 0.632. The lowest BCUT2D eigenvalue weighted by Crippen LogP contribution is -2.40. The molecular formula is C19H32ClN3O. The Hall–Kier alpha value is -1.10. The maximum atomic E-state index is 12.0. The van der Waals surface area contributed by atoms with Crippen LogP contribution in [0.4, 0.5) is 0 Å². The molecule has 0 spiro atoms. The molecule has 136 valence electrons. The van der Waals surface area contributed by atoms with Crippen molar-refractivity contribution in [3.8, 4) is 0 Å². The summed E-state index contributed by atoms with van der Waals surface area (Å²) < 4.78 is 0. The minimum atomic E-state index is -0.393. The van der Waals surface area contributed by atoms with E-state index in [1.165, 1.54) is 37.1 Å². The van der Waals surface area contributed by atoms with E-state index in [1.54, 1.807) is 0 Å². The third-order valence-corrected chi connectivity index (χ3v) is 4.64. The first-order valence-corrected chi connectivity index (χ1v) is 8.92. The summed E-state index contributed by atoms with van der Waals surface area (Å²) in [6, 6.07) is 8.00. The van der Waals surface area contributed by atoms with Crippen LogP contribution in [0.3, 0.4) is 0 Å². The Balaban J connectivity index is 0.00000288. The largest absolute Gasteiger partial charge is 0.351 e. The molecule has 1 aliphatic rings. The van der Waals surface area contributed by atoms with Gasteiger partial charge in [0.1, 0.15) is 0 Å². The molecule has 1 saturated heterocycles. The van der Waals surface area contributed by atoms with Gasteiger partial charge in [0.15, 0.2) is 0 Å². The molecule has 1 heterocycles. The predicted molar refractivity (Wildman–Crippen MR) is 102 cm³/mol. The van der Waals surface area contributed by atoms with Gasteiger partial charge in [-0.05, 0) is 42.9 Å². The highest BCUT2D eigenvalue weighted by Gasteiger charge is 2.18. The van der Waals surface area contributed by atoms with Gasteiger partial charge in [0, 0.05) is 19.6 Å². The van der Waals surface area contributed by atoms with Gasteiger partial charge in [-0.3, -0.25) is 9.69 Å². The number of halogens is 1. The average molecular weight is 354 g/mol. The van der Waals surface area contributed by atoms with Crippen LogP contribution in [0.5, 0.6) is 0 Å². The molecular weight excluding hydrogens is 322 g/mol. The first kappa shape index (κ1) is 20.9. The van der Waals surface area contributed by atoms with E-state index in [9.17, 15) is 4.79 Å². The van der Waals surface area contributed by atoms with Crippen molar-refractivity contribution in [2.75, 3.05) is 13.1 Å². The lowest BCUT2D eigenvalue weighted by atomic mass is 9.99. The molecule has 0 aromatic heterocycles. The second-order valence-corrected chi connectivity index (χ2v) is 6.86. The van der Waals surface area contributed by atoms with E-state index < -0.39 is 6.04 Å². The molecule has 0 bridgehead atoms. The Morgan fingerprint density at radius 2 is 2.08 bits per heavy atom. The van der Waals surface area contributed by atoms with E-state index in [0.717, 1.165) is 25.3 Å². The quantitative estimate of drug-likeness (QED) is 0.792. The number of amides is 1. The highest BCUT2D eigenvalue weighted by molar-refractivity contribution is 5.85. The summed E-state index contributed by atoms with van der Waals surface area (Å²) in [5, 5.41) is 2.99. The number of carbonyl (C=O) groups excluding carboxylic acids is 1. The molecule has 1 amide bonds. The number of likely N-dealkylation sites (tertiary alicyclic amines) is 1. The van der Waals surface area contributed by atoms with Crippen LogP contribution in [-0.4, -0.2) is 29.9 Å². The van der Waals surface area contributed by atoms with Crippen LogP contribution in [0.15, 0.2) is 24.3 Å². The van der Waals surface area contributed by atoms with Crippen molar-refractivity contribution in [3.63, 3.8) is 0 Å². The van der Waals surface area contributed by atoms with E-state index in [2.05, 4.69) is 35.3 Å².